The third-order valence-electron chi connectivity index (χ3n) is 4.06. The minimum Gasteiger partial charge on any atom is -0.493 e. The molecule has 2 aromatic rings. The van der Waals surface area contributed by atoms with Gasteiger partial charge in [-0.15, -0.1) is 24.0 Å². The number of ether oxygens (including phenoxy) is 1. The molecule has 27 heavy (non-hydrogen) atoms. The molecule has 2 N–H and O–H groups in total. The van der Waals surface area contributed by atoms with E-state index in [4.69, 9.17) is 9.15 Å². The lowest BCUT2D eigenvalue weighted by Gasteiger charge is -2.13. The molecule has 0 spiro atoms. The number of halogens is 1. The van der Waals surface area contributed by atoms with Crippen LogP contribution in [0.5, 0.6) is 5.75 Å². The van der Waals surface area contributed by atoms with E-state index in [0.29, 0.717) is 19.0 Å². The van der Waals surface area contributed by atoms with Gasteiger partial charge in [-0.1, -0.05) is 18.2 Å². The van der Waals surface area contributed by atoms with Crippen molar-refractivity contribution in [3.05, 3.63) is 46.7 Å². The highest BCUT2D eigenvalue weighted by molar-refractivity contribution is 14.0. The number of aromatic nitrogens is 1. The Morgan fingerprint density at radius 1 is 1.15 bits per heavy atom. The van der Waals surface area contributed by atoms with Crippen molar-refractivity contribution in [2.45, 2.75) is 47.6 Å². The van der Waals surface area contributed by atoms with Crippen molar-refractivity contribution < 1.29 is 9.15 Å². The van der Waals surface area contributed by atoms with Crippen molar-refractivity contribution in [2.24, 2.45) is 4.99 Å². The minimum absolute atomic E-state index is 0. The van der Waals surface area contributed by atoms with E-state index < -0.39 is 0 Å². The van der Waals surface area contributed by atoms with Crippen molar-refractivity contribution in [1.29, 1.82) is 0 Å². The fourth-order valence-corrected chi connectivity index (χ4v) is 2.58. The van der Waals surface area contributed by atoms with Gasteiger partial charge in [-0.05, 0) is 52.2 Å². The molecule has 150 valence electrons. The lowest BCUT2D eigenvalue weighted by atomic mass is 10.1. The van der Waals surface area contributed by atoms with Crippen molar-refractivity contribution in [2.75, 3.05) is 19.7 Å². The number of rotatable bonds is 8. The predicted molar refractivity (Wildman–Crippen MR) is 120 cm³/mol. The van der Waals surface area contributed by atoms with Crippen LogP contribution in [0.3, 0.4) is 0 Å². The maximum Gasteiger partial charge on any atom is 0.216 e. The fourth-order valence-electron chi connectivity index (χ4n) is 2.58. The molecule has 0 atom stereocenters. The van der Waals surface area contributed by atoms with Gasteiger partial charge in [0.1, 0.15) is 18.1 Å². The minimum atomic E-state index is 0. The molecule has 0 amide bonds. The number of hydrogen-bond acceptors (Lipinski definition) is 4. The second-order valence-corrected chi connectivity index (χ2v) is 6.29. The van der Waals surface area contributed by atoms with Gasteiger partial charge in [0.2, 0.25) is 5.89 Å². The smallest absolute Gasteiger partial charge is 0.216 e. The molecule has 0 aliphatic heterocycles. The summed E-state index contributed by atoms with van der Waals surface area (Å²) in [5.41, 5.74) is 3.26. The highest BCUT2D eigenvalue weighted by Crippen LogP contribution is 2.22. The van der Waals surface area contributed by atoms with Gasteiger partial charge in [0.15, 0.2) is 5.96 Å². The Kier molecular flexibility index (Phi) is 10.2. The van der Waals surface area contributed by atoms with Crippen LogP contribution in [0.1, 0.15) is 41.8 Å². The molecule has 0 aliphatic carbocycles. The fraction of sp³-hybridized carbons (Fsp3) is 0.500. The van der Waals surface area contributed by atoms with Crippen molar-refractivity contribution in [1.82, 2.24) is 15.6 Å². The van der Waals surface area contributed by atoms with E-state index in [9.17, 15) is 0 Å². The molecule has 0 radical (unpaired) electrons. The number of nitrogens with one attached hydrogen (secondary N) is 2. The summed E-state index contributed by atoms with van der Waals surface area (Å²) in [6.07, 6.45) is 0.884. The van der Waals surface area contributed by atoms with Crippen LogP contribution in [0, 0.1) is 27.7 Å². The van der Waals surface area contributed by atoms with Crippen LogP contribution in [0.15, 0.2) is 27.6 Å². The van der Waals surface area contributed by atoms with Crippen molar-refractivity contribution in [3.8, 4) is 5.75 Å². The van der Waals surface area contributed by atoms with Gasteiger partial charge in [-0.2, -0.15) is 0 Å². The topological polar surface area (TPSA) is 71.7 Å². The van der Waals surface area contributed by atoms with Crippen LogP contribution in [0.2, 0.25) is 0 Å². The molecule has 1 heterocycles. The van der Waals surface area contributed by atoms with E-state index in [2.05, 4.69) is 52.7 Å². The zero-order valence-corrected chi connectivity index (χ0v) is 19.2. The Labute approximate surface area is 179 Å². The third-order valence-corrected chi connectivity index (χ3v) is 4.06. The summed E-state index contributed by atoms with van der Waals surface area (Å²) in [4.78, 5) is 8.87. The summed E-state index contributed by atoms with van der Waals surface area (Å²) in [7, 11) is 0. The maximum absolute atomic E-state index is 5.93. The molecule has 0 fully saturated rings. The Hall–Kier alpha value is -1.77. The average molecular weight is 486 g/mol. The molecule has 0 unspecified atom stereocenters. The van der Waals surface area contributed by atoms with Gasteiger partial charge < -0.3 is 19.8 Å². The zero-order chi connectivity index (χ0) is 18.9. The Balaban J connectivity index is 0.00000364. The van der Waals surface area contributed by atoms with Crippen LogP contribution in [0.25, 0.3) is 0 Å². The predicted octanol–water partition coefficient (Wildman–Crippen LogP) is 4.05. The van der Waals surface area contributed by atoms with Gasteiger partial charge in [0.25, 0.3) is 0 Å². The van der Waals surface area contributed by atoms with Gasteiger partial charge in [0, 0.05) is 13.1 Å². The second kappa shape index (κ2) is 11.8. The number of guanidine groups is 1. The van der Waals surface area contributed by atoms with Gasteiger partial charge in [0.05, 0.1) is 12.3 Å². The Morgan fingerprint density at radius 3 is 2.44 bits per heavy atom. The van der Waals surface area contributed by atoms with Gasteiger partial charge in [-0.3, -0.25) is 0 Å². The van der Waals surface area contributed by atoms with E-state index in [-0.39, 0.29) is 24.0 Å². The zero-order valence-electron chi connectivity index (χ0n) is 16.9. The lowest BCUT2D eigenvalue weighted by molar-refractivity contribution is 0.307. The number of para-hydroxylation sites is 1. The second-order valence-electron chi connectivity index (χ2n) is 6.29. The Morgan fingerprint density at radius 2 is 1.85 bits per heavy atom. The molecule has 2 rings (SSSR count). The average Bonchev–Trinajstić information content (AvgIpc) is 2.92. The largest absolute Gasteiger partial charge is 0.493 e. The molecule has 0 saturated heterocycles. The molecule has 0 bridgehead atoms. The number of oxazole rings is 1. The number of aryl methyl sites for hydroxylation is 4. The van der Waals surface area contributed by atoms with Crippen molar-refractivity contribution in [3.63, 3.8) is 0 Å². The van der Waals surface area contributed by atoms with E-state index >= 15 is 0 Å². The van der Waals surface area contributed by atoms with Crippen molar-refractivity contribution >= 4 is 29.9 Å². The first-order valence-electron chi connectivity index (χ1n) is 9.15. The Bertz CT molecular complexity index is 704. The third kappa shape index (κ3) is 7.40. The van der Waals surface area contributed by atoms with Crippen LogP contribution in [0.4, 0.5) is 0 Å². The van der Waals surface area contributed by atoms with E-state index in [1.54, 1.807) is 0 Å². The number of hydrogen-bond donors (Lipinski definition) is 2. The van der Waals surface area contributed by atoms with Crippen LogP contribution < -0.4 is 15.4 Å². The number of benzene rings is 1. The highest BCUT2D eigenvalue weighted by atomic mass is 127. The number of nitrogens with zero attached hydrogens (tertiary/aromatic N) is 2. The van der Waals surface area contributed by atoms with E-state index in [1.807, 2.05) is 20.8 Å². The summed E-state index contributed by atoms with van der Waals surface area (Å²) in [5.74, 6) is 3.23. The number of aliphatic imine (C=N–C) groups is 1. The molecule has 6 nitrogen and oxygen atoms in total. The van der Waals surface area contributed by atoms with E-state index in [1.165, 1.54) is 11.1 Å². The normalized spacial score (nSPS) is 11.1. The van der Waals surface area contributed by atoms with Crippen LogP contribution in [-0.2, 0) is 6.54 Å². The SMILES string of the molecule is CCNC(=NCc1nc(C)c(C)o1)NCCCOc1c(C)cccc1C.I. The van der Waals surface area contributed by atoms with Gasteiger partial charge in [-0.25, -0.2) is 9.98 Å². The molecule has 7 heteroatoms. The van der Waals surface area contributed by atoms with E-state index in [0.717, 1.165) is 42.7 Å². The summed E-state index contributed by atoms with van der Waals surface area (Å²) in [6, 6.07) is 6.19. The molecule has 0 saturated carbocycles. The quantitative estimate of drug-likeness (QED) is 0.255. The lowest BCUT2D eigenvalue weighted by Crippen LogP contribution is -2.38. The first-order chi connectivity index (χ1) is 12.5. The summed E-state index contributed by atoms with van der Waals surface area (Å²) < 4.78 is 11.5. The van der Waals surface area contributed by atoms with Crippen LogP contribution >= 0.6 is 24.0 Å². The molecular weight excluding hydrogens is 455 g/mol. The monoisotopic (exact) mass is 486 g/mol. The first kappa shape index (κ1) is 23.3. The summed E-state index contributed by atoms with van der Waals surface area (Å²) in [6.45, 7) is 12.7. The van der Waals surface area contributed by atoms with Gasteiger partial charge >= 0.3 is 0 Å². The highest BCUT2D eigenvalue weighted by Gasteiger charge is 2.06. The molecule has 1 aromatic heterocycles. The molecule has 0 aliphatic rings. The molecular formula is C20H31IN4O2. The standard InChI is InChI=1S/C20H30N4O2.HI/c1-6-21-20(23-13-18-24-16(4)17(5)26-18)22-11-8-12-25-19-14(2)9-7-10-15(19)3;/h7,9-10H,6,8,11-13H2,1-5H3,(H2,21,22,23);1H. The first-order valence-corrected chi connectivity index (χ1v) is 9.15. The summed E-state index contributed by atoms with van der Waals surface area (Å²) in [5, 5.41) is 6.55. The van der Waals surface area contributed by atoms with Crippen LogP contribution in [-0.4, -0.2) is 30.6 Å². The maximum atomic E-state index is 5.93. The molecule has 1 aromatic carbocycles. The summed E-state index contributed by atoms with van der Waals surface area (Å²) >= 11 is 0.